The normalized spacial score (nSPS) is 15.1. The number of amides is 1. The molecule has 2 heterocycles. The van der Waals surface area contributed by atoms with Gasteiger partial charge in [0.1, 0.15) is 5.82 Å². The number of carbonyl (C=O) groups is 2. The zero-order valence-electron chi connectivity index (χ0n) is 14.9. The zero-order valence-corrected chi connectivity index (χ0v) is 14.9. The van der Waals surface area contributed by atoms with Crippen LogP contribution in [-0.4, -0.2) is 41.0 Å². The molecule has 0 bridgehead atoms. The molecule has 0 radical (unpaired) electrons. The van der Waals surface area contributed by atoms with E-state index in [1.165, 1.54) is 12.1 Å². The fraction of sp³-hybridized carbons (Fsp3) is 0.400. The summed E-state index contributed by atoms with van der Waals surface area (Å²) >= 11 is 0. The van der Waals surface area contributed by atoms with Crippen LogP contribution < -0.4 is 0 Å². The van der Waals surface area contributed by atoms with E-state index < -0.39 is 0 Å². The summed E-state index contributed by atoms with van der Waals surface area (Å²) in [5, 5.41) is 0. The molecule has 3 rings (SSSR count). The van der Waals surface area contributed by atoms with E-state index in [1.54, 1.807) is 24.0 Å². The first-order chi connectivity index (χ1) is 12.6. The number of esters is 1. The van der Waals surface area contributed by atoms with Gasteiger partial charge in [0.25, 0.3) is 0 Å². The molecule has 26 heavy (non-hydrogen) atoms. The van der Waals surface area contributed by atoms with E-state index in [0.29, 0.717) is 32.5 Å². The third-order valence-corrected chi connectivity index (χ3v) is 4.74. The second kappa shape index (κ2) is 8.17. The van der Waals surface area contributed by atoms with E-state index in [9.17, 15) is 14.0 Å². The Morgan fingerprint density at radius 2 is 1.85 bits per heavy atom. The minimum atomic E-state index is -0.289. The molecule has 0 saturated carbocycles. The summed E-state index contributed by atoms with van der Waals surface area (Å²) in [5.41, 5.74) is 1.68. The van der Waals surface area contributed by atoms with Gasteiger partial charge in [-0.1, -0.05) is 0 Å². The van der Waals surface area contributed by atoms with Crippen LogP contribution in [0.4, 0.5) is 4.39 Å². The molecule has 1 aromatic carbocycles. The molecule has 5 nitrogen and oxygen atoms in total. The van der Waals surface area contributed by atoms with Gasteiger partial charge in [-0.05, 0) is 56.2 Å². The van der Waals surface area contributed by atoms with E-state index in [1.807, 2.05) is 22.9 Å². The largest absolute Gasteiger partial charge is 0.466 e. The highest BCUT2D eigenvalue weighted by Gasteiger charge is 2.28. The standard InChI is InChI=1S/C20H23FN2O3/c1-2-26-20(25)15-9-12-22(13-10-15)19(24)14-18-4-3-11-23(18)17-7-5-16(21)6-8-17/h3-8,11,15H,2,9-10,12-14H2,1H3. The summed E-state index contributed by atoms with van der Waals surface area (Å²) in [6.07, 6.45) is 3.42. The first-order valence-corrected chi connectivity index (χ1v) is 8.95. The van der Waals surface area contributed by atoms with Crippen molar-refractivity contribution in [2.24, 2.45) is 5.92 Å². The topological polar surface area (TPSA) is 51.5 Å². The second-order valence-corrected chi connectivity index (χ2v) is 6.43. The van der Waals surface area contributed by atoms with Crippen LogP contribution in [0.1, 0.15) is 25.5 Å². The van der Waals surface area contributed by atoms with Crippen molar-refractivity contribution in [3.05, 3.63) is 54.1 Å². The Balaban J connectivity index is 1.61. The molecule has 1 aliphatic heterocycles. The number of aromatic nitrogens is 1. The van der Waals surface area contributed by atoms with Crippen LogP contribution in [0.5, 0.6) is 0 Å². The van der Waals surface area contributed by atoms with Gasteiger partial charge in [0, 0.05) is 30.7 Å². The van der Waals surface area contributed by atoms with Gasteiger partial charge in [-0.25, -0.2) is 4.39 Å². The summed E-state index contributed by atoms with van der Waals surface area (Å²) in [5.74, 6) is -0.524. The fourth-order valence-corrected chi connectivity index (χ4v) is 3.31. The van der Waals surface area contributed by atoms with Crippen molar-refractivity contribution in [1.82, 2.24) is 9.47 Å². The minimum absolute atomic E-state index is 0.0365. The zero-order chi connectivity index (χ0) is 18.5. The first-order valence-electron chi connectivity index (χ1n) is 8.95. The predicted octanol–water partition coefficient (Wildman–Crippen LogP) is 2.96. The predicted molar refractivity (Wildman–Crippen MR) is 95.4 cm³/mol. The third-order valence-electron chi connectivity index (χ3n) is 4.74. The maximum absolute atomic E-state index is 13.1. The van der Waals surface area contributed by atoms with Gasteiger partial charge in [-0.15, -0.1) is 0 Å². The molecule has 0 atom stereocenters. The number of hydrogen-bond acceptors (Lipinski definition) is 3. The first kappa shape index (κ1) is 18.2. The van der Waals surface area contributed by atoms with Gasteiger partial charge in [0.05, 0.1) is 18.9 Å². The molecule has 0 aliphatic carbocycles. The number of likely N-dealkylation sites (tertiary alicyclic amines) is 1. The summed E-state index contributed by atoms with van der Waals surface area (Å²) in [7, 11) is 0. The molecule has 0 N–H and O–H groups in total. The number of halogens is 1. The van der Waals surface area contributed by atoms with Gasteiger partial charge in [-0.2, -0.15) is 0 Å². The van der Waals surface area contributed by atoms with E-state index >= 15 is 0 Å². The van der Waals surface area contributed by atoms with Crippen molar-refractivity contribution in [3.8, 4) is 5.69 Å². The van der Waals surface area contributed by atoms with Crippen LogP contribution >= 0.6 is 0 Å². The molecule has 1 aliphatic rings. The highest BCUT2D eigenvalue weighted by atomic mass is 19.1. The number of piperidine rings is 1. The lowest BCUT2D eigenvalue weighted by atomic mass is 9.96. The highest BCUT2D eigenvalue weighted by Crippen LogP contribution is 2.20. The Bertz CT molecular complexity index is 762. The second-order valence-electron chi connectivity index (χ2n) is 6.43. The Hall–Kier alpha value is -2.63. The van der Waals surface area contributed by atoms with E-state index in [2.05, 4.69) is 0 Å². The average Bonchev–Trinajstić information content (AvgIpc) is 3.11. The van der Waals surface area contributed by atoms with Crippen molar-refractivity contribution >= 4 is 11.9 Å². The molecule has 1 aromatic heterocycles. The van der Waals surface area contributed by atoms with Gasteiger partial charge in [0.15, 0.2) is 0 Å². The minimum Gasteiger partial charge on any atom is -0.466 e. The summed E-state index contributed by atoms with van der Waals surface area (Å²) in [4.78, 5) is 26.2. The number of ether oxygens (including phenoxy) is 1. The number of hydrogen-bond donors (Lipinski definition) is 0. The van der Waals surface area contributed by atoms with E-state index in [4.69, 9.17) is 4.74 Å². The van der Waals surface area contributed by atoms with Gasteiger partial charge < -0.3 is 14.2 Å². The lowest BCUT2D eigenvalue weighted by molar-refractivity contribution is -0.151. The van der Waals surface area contributed by atoms with Crippen molar-refractivity contribution < 1.29 is 18.7 Å². The molecule has 0 spiro atoms. The lowest BCUT2D eigenvalue weighted by Gasteiger charge is -2.31. The molecule has 2 aromatic rings. The summed E-state index contributed by atoms with van der Waals surface area (Å²) < 4.78 is 20.1. The van der Waals surface area contributed by atoms with Crippen LogP contribution in [0, 0.1) is 11.7 Å². The Morgan fingerprint density at radius 1 is 1.15 bits per heavy atom. The Labute approximate surface area is 152 Å². The number of rotatable bonds is 5. The maximum atomic E-state index is 13.1. The van der Waals surface area contributed by atoms with Crippen LogP contribution in [0.25, 0.3) is 5.69 Å². The number of nitrogens with zero attached hydrogens (tertiary/aromatic N) is 2. The van der Waals surface area contributed by atoms with Crippen LogP contribution in [0.3, 0.4) is 0 Å². The van der Waals surface area contributed by atoms with E-state index in [-0.39, 0.29) is 30.0 Å². The van der Waals surface area contributed by atoms with Crippen LogP contribution in [0.2, 0.25) is 0 Å². The Morgan fingerprint density at radius 3 is 2.50 bits per heavy atom. The van der Waals surface area contributed by atoms with Crippen LogP contribution in [-0.2, 0) is 20.7 Å². The SMILES string of the molecule is CCOC(=O)C1CCN(C(=O)Cc2cccn2-c2ccc(F)cc2)CC1. The highest BCUT2D eigenvalue weighted by molar-refractivity contribution is 5.79. The fourth-order valence-electron chi connectivity index (χ4n) is 3.31. The van der Waals surface area contributed by atoms with Crippen molar-refractivity contribution in [3.63, 3.8) is 0 Å². The number of carbonyl (C=O) groups excluding carboxylic acids is 2. The smallest absolute Gasteiger partial charge is 0.309 e. The van der Waals surface area contributed by atoms with Gasteiger partial charge in [0.2, 0.25) is 5.91 Å². The van der Waals surface area contributed by atoms with E-state index in [0.717, 1.165) is 11.4 Å². The molecular formula is C20H23FN2O3. The monoisotopic (exact) mass is 358 g/mol. The molecule has 1 fully saturated rings. The number of benzene rings is 1. The average molecular weight is 358 g/mol. The third kappa shape index (κ3) is 4.12. The van der Waals surface area contributed by atoms with Gasteiger partial charge in [-0.3, -0.25) is 9.59 Å². The molecule has 1 saturated heterocycles. The van der Waals surface area contributed by atoms with Gasteiger partial charge >= 0.3 is 5.97 Å². The summed E-state index contributed by atoms with van der Waals surface area (Å²) in [6.45, 7) is 3.32. The summed E-state index contributed by atoms with van der Waals surface area (Å²) in [6, 6.07) is 9.95. The molecule has 138 valence electrons. The molecule has 0 unspecified atom stereocenters. The van der Waals surface area contributed by atoms with Crippen molar-refractivity contribution in [1.29, 1.82) is 0 Å². The lowest BCUT2D eigenvalue weighted by Crippen LogP contribution is -2.41. The van der Waals surface area contributed by atoms with Crippen molar-refractivity contribution in [2.45, 2.75) is 26.2 Å². The molecular weight excluding hydrogens is 335 g/mol. The molecule has 6 heteroatoms. The quantitative estimate of drug-likeness (QED) is 0.772. The molecule has 1 amide bonds. The Kier molecular flexibility index (Phi) is 5.71. The van der Waals surface area contributed by atoms with Crippen molar-refractivity contribution in [2.75, 3.05) is 19.7 Å². The van der Waals surface area contributed by atoms with Crippen LogP contribution in [0.15, 0.2) is 42.6 Å². The maximum Gasteiger partial charge on any atom is 0.309 e.